The monoisotopic (exact) mass is 380 g/mol. The van der Waals surface area contributed by atoms with E-state index in [0.717, 1.165) is 22.6 Å². The van der Waals surface area contributed by atoms with E-state index in [1.807, 2.05) is 36.2 Å². The van der Waals surface area contributed by atoms with E-state index in [1.54, 1.807) is 18.3 Å². The third-order valence-electron chi connectivity index (χ3n) is 5.34. The van der Waals surface area contributed by atoms with Gasteiger partial charge >= 0.3 is 0 Å². The fraction of sp³-hybridized carbons (Fsp3) is 0.238. The molecule has 3 aromatic rings. The van der Waals surface area contributed by atoms with Gasteiger partial charge in [-0.25, -0.2) is 4.39 Å². The summed E-state index contributed by atoms with van der Waals surface area (Å²) in [5.74, 6) is -0.293. The van der Waals surface area contributed by atoms with Crippen molar-refractivity contribution in [3.8, 4) is 0 Å². The first-order chi connectivity index (χ1) is 13.0. The average molecular weight is 380 g/mol. The van der Waals surface area contributed by atoms with E-state index in [1.165, 1.54) is 6.07 Å². The third-order valence-corrected chi connectivity index (χ3v) is 5.66. The van der Waals surface area contributed by atoms with Gasteiger partial charge in [0.1, 0.15) is 5.82 Å². The maximum absolute atomic E-state index is 14.7. The highest BCUT2D eigenvalue weighted by Gasteiger charge is 2.42. The number of para-hydroxylation sites is 1. The number of thiocarbonyl (C=S) groups is 1. The summed E-state index contributed by atoms with van der Waals surface area (Å²) < 4.78 is 16.8. The lowest BCUT2D eigenvalue weighted by molar-refractivity contribution is 0.555. The second kappa shape index (κ2) is 6.78. The molecule has 138 valence electrons. The van der Waals surface area contributed by atoms with Gasteiger partial charge in [0.15, 0.2) is 5.11 Å². The molecule has 4 rings (SSSR count). The standard InChI is InChI=1S/C21H21FN4S/c1-13-12-15(14(2)25(13)3)20-19(17-9-6-7-11-23-17)24-21(27)26(20)18-10-5-4-8-16(18)22/h4-12,19-20H,1-3H3,(H,24,27)/t19-,20-/m1/s1. The van der Waals surface area contributed by atoms with Gasteiger partial charge in [-0.1, -0.05) is 18.2 Å². The zero-order valence-corrected chi connectivity index (χ0v) is 16.3. The molecule has 1 aliphatic rings. The Labute approximate surface area is 163 Å². The number of rotatable bonds is 3. The Balaban J connectivity index is 1.91. The van der Waals surface area contributed by atoms with Gasteiger partial charge in [0.2, 0.25) is 0 Å². The normalized spacial score (nSPS) is 19.4. The Kier molecular flexibility index (Phi) is 4.44. The Bertz CT molecular complexity index is 999. The number of aryl methyl sites for hydroxylation is 1. The van der Waals surface area contributed by atoms with Crippen LogP contribution in [0, 0.1) is 19.7 Å². The average Bonchev–Trinajstić information content (AvgIpc) is 3.14. The highest BCUT2D eigenvalue weighted by atomic mass is 32.1. The van der Waals surface area contributed by atoms with Crippen molar-refractivity contribution >= 4 is 23.0 Å². The lowest BCUT2D eigenvalue weighted by atomic mass is 9.96. The molecule has 0 saturated carbocycles. The van der Waals surface area contributed by atoms with Crippen molar-refractivity contribution in [1.29, 1.82) is 0 Å². The zero-order chi connectivity index (χ0) is 19.1. The molecule has 0 spiro atoms. The molecule has 6 heteroatoms. The zero-order valence-electron chi connectivity index (χ0n) is 15.5. The van der Waals surface area contributed by atoms with Gasteiger partial charge in [-0.2, -0.15) is 0 Å². The topological polar surface area (TPSA) is 33.1 Å². The number of nitrogens with zero attached hydrogens (tertiary/aromatic N) is 3. The van der Waals surface area contributed by atoms with Crippen molar-refractivity contribution in [1.82, 2.24) is 14.9 Å². The molecule has 1 aromatic carbocycles. The lowest BCUT2D eigenvalue weighted by Gasteiger charge is -2.28. The molecule has 0 unspecified atom stereocenters. The number of hydrogen-bond acceptors (Lipinski definition) is 2. The van der Waals surface area contributed by atoms with Crippen LogP contribution in [0.15, 0.2) is 54.7 Å². The summed E-state index contributed by atoms with van der Waals surface area (Å²) in [7, 11) is 2.04. The number of halogens is 1. The second-order valence-electron chi connectivity index (χ2n) is 6.83. The van der Waals surface area contributed by atoms with E-state index in [9.17, 15) is 4.39 Å². The Hall–Kier alpha value is -2.73. The Morgan fingerprint density at radius 2 is 1.85 bits per heavy atom. The fourth-order valence-electron chi connectivity index (χ4n) is 3.76. The summed E-state index contributed by atoms with van der Waals surface area (Å²) in [4.78, 5) is 6.41. The maximum Gasteiger partial charge on any atom is 0.174 e. The van der Waals surface area contributed by atoms with Crippen LogP contribution < -0.4 is 10.2 Å². The SMILES string of the molecule is Cc1cc([C@@H]2[C@@H](c3ccccn3)NC(=S)N2c2ccccc2F)c(C)n1C. The van der Waals surface area contributed by atoms with Gasteiger partial charge in [-0.3, -0.25) is 4.98 Å². The van der Waals surface area contributed by atoms with Crippen LogP contribution in [0.25, 0.3) is 0 Å². The van der Waals surface area contributed by atoms with Crippen molar-refractivity contribution < 1.29 is 4.39 Å². The Morgan fingerprint density at radius 1 is 1.11 bits per heavy atom. The van der Waals surface area contributed by atoms with Crippen molar-refractivity contribution in [3.63, 3.8) is 0 Å². The molecule has 0 bridgehead atoms. The van der Waals surface area contributed by atoms with Gasteiger partial charge in [-0.15, -0.1) is 0 Å². The minimum Gasteiger partial charge on any atom is -0.352 e. The van der Waals surface area contributed by atoms with Crippen LogP contribution in [-0.2, 0) is 7.05 Å². The number of pyridine rings is 1. The minimum atomic E-state index is -0.293. The molecule has 0 amide bonds. The van der Waals surface area contributed by atoms with Crippen LogP contribution in [0.2, 0.25) is 0 Å². The molecule has 0 radical (unpaired) electrons. The molecule has 2 atom stereocenters. The molecule has 3 heterocycles. The summed E-state index contributed by atoms with van der Waals surface area (Å²) in [5, 5.41) is 3.87. The van der Waals surface area contributed by atoms with E-state index in [-0.39, 0.29) is 17.9 Å². The van der Waals surface area contributed by atoms with E-state index in [0.29, 0.717) is 10.8 Å². The van der Waals surface area contributed by atoms with E-state index in [4.69, 9.17) is 12.2 Å². The second-order valence-corrected chi connectivity index (χ2v) is 7.22. The Morgan fingerprint density at radius 3 is 2.48 bits per heavy atom. The number of nitrogens with one attached hydrogen (secondary N) is 1. The molecular weight excluding hydrogens is 359 g/mol. The number of benzene rings is 1. The minimum absolute atomic E-state index is 0.168. The highest BCUT2D eigenvalue weighted by Crippen LogP contribution is 2.43. The lowest BCUT2D eigenvalue weighted by Crippen LogP contribution is -2.30. The maximum atomic E-state index is 14.7. The van der Waals surface area contributed by atoms with Gasteiger partial charge in [-0.05, 0) is 62.0 Å². The largest absolute Gasteiger partial charge is 0.352 e. The number of anilines is 1. The summed E-state index contributed by atoms with van der Waals surface area (Å²) in [5.41, 5.74) is 4.74. The summed E-state index contributed by atoms with van der Waals surface area (Å²) >= 11 is 5.63. The first kappa shape index (κ1) is 17.7. The summed E-state index contributed by atoms with van der Waals surface area (Å²) in [6.45, 7) is 4.15. The van der Waals surface area contributed by atoms with Crippen molar-refractivity contribution in [2.75, 3.05) is 4.90 Å². The van der Waals surface area contributed by atoms with Gasteiger partial charge in [0.05, 0.1) is 23.5 Å². The van der Waals surface area contributed by atoms with Gasteiger partial charge in [0, 0.05) is 24.6 Å². The van der Waals surface area contributed by atoms with Crippen LogP contribution in [0.5, 0.6) is 0 Å². The van der Waals surface area contributed by atoms with E-state index < -0.39 is 0 Å². The van der Waals surface area contributed by atoms with Crippen LogP contribution >= 0.6 is 12.2 Å². The van der Waals surface area contributed by atoms with Gasteiger partial charge in [0.25, 0.3) is 0 Å². The molecule has 0 aliphatic carbocycles. The van der Waals surface area contributed by atoms with Crippen molar-refractivity contribution in [3.05, 3.63) is 83.2 Å². The van der Waals surface area contributed by atoms with Crippen LogP contribution in [-0.4, -0.2) is 14.7 Å². The molecule has 1 N–H and O–H groups in total. The molecule has 2 aromatic heterocycles. The van der Waals surface area contributed by atoms with Crippen molar-refractivity contribution in [2.45, 2.75) is 25.9 Å². The smallest absolute Gasteiger partial charge is 0.174 e. The summed E-state index contributed by atoms with van der Waals surface area (Å²) in [6, 6.07) is 14.4. The first-order valence-electron chi connectivity index (χ1n) is 8.87. The molecule has 27 heavy (non-hydrogen) atoms. The number of hydrogen-bond donors (Lipinski definition) is 1. The third kappa shape index (κ3) is 2.90. The van der Waals surface area contributed by atoms with Crippen LogP contribution in [0.1, 0.15) is 34.7 Å². The molecule has 1 fully saturated rings. The fourth-order valence-corrected chi connectivity index (χ4v) is 4.10. The highest BCUT2D eigenvalue weighted by molar-refractivity contribution is 7.80. The van der Waals surface area contributed by atoms with Crippen molar-refractivity contribution in [2.24, 2.45) is 7.05 Å². The van der Waals surface area contributed by atoms with Crippen LogP contribution in [0.4, 0.5) is 10.1 Å². The molecule has 1 aliphatic heterocycles. The first-order valence-corrected chi connectivity index (χ1v) is 9.28. The predicted octanol–water partition coefficient (Wildman–Crippen LogP) is 4.35. The van der Waals surface area contributed by atoms with Crippen LogP contribution in [0.3, 0.4) is 0 Å². The van der Waals surface area contributed by atoms with Gasteiger partial charge < -0.3 is 14.8 Å². The molecular formula is C21H21FN4S. The van der Waals surface area contributed by atoms with E-state index >= 15 is 0 Å². The molecule has 4 nitrogen and oxygen atoms in total. The summed E-state index contributed by atoms with van der Waals surface area (Å²) in [6.07, 6.45) is 1.77. The predicted molar refractivity (Wildman–Crippen MR) is 109 cm³/mol. The van der Waals surface area contributed by atoms with E-state index in [2.05, 4.69) is 34.8 Å². The molecule has 1 saturated heterocycles. The number of aromatic nitrogens is 2. The quantitative estimate of drug-likeness (QED) is 0.685.